The van der Waals surface area contributed by atoms with Crippen LogP contribution in [0, 0.1) is 13.8 Å². The normalized spacial score (nSPS) is 18.0. The van der Waals surface area contributed by atoms with E-state index in [1.807, 2.05) is 27.7 Å². The van der Waals surface area contributed by atoms with E-state index in [4.69, 9.17) is 17.0 Å². The Morgan fingerprint density at radius 1 is 1.12 bits per heavy atom. The molecule has 7 heteroatoms. The van der Waals surface area contributed by atoms with Crippen molar-refractivity contribution in [1.82, 2.24) is 9.80 Å². The summed E-state index contributed by atoms with van der Waals surface area (Å²) in [5.74, 6) is 0.938. The highest BCUT2D eigenvalue weighted by Gasteiger charge is 2.39. The lowest BCUT2D eigenvalue weighted by Crippen LogP contribution is -2.63. The molecule has 1 fully saturated rings. The summed E-state index contributed by atoms with van der Waals surface area (Å²) in [7, 11) is 1.68. The van der Waals surface area contributed by atoms with E-state index in [2.05, 4.69) is 67.9 Å². The van der Waals surface area contributed by atoms with Gasteiger partial charge >= 0.3 is 0 Å². The summed E-state index contributed by atoms with van der Waals surface area (Å²) in [5, 5.41) is 3.24. The molecule has 3 rings (SSSR count). The van der Waals surface area contributed by atoms with Crippen LogP contribution in [0.25, 0.3) is 0 Å². The van der Waals surface area contributed by atoms with E-state index in [0.717, 1.165) is 42.9 Å². The third kappa shape index (κ3) is 8.46. The topological polar surface area (TPSA) is 63.3 Å². The first-order valence-corrected chi connectivity index (χ1v) is 15.0. The number of methoxy groups -OCH3 is 1. The Morgan fingerprint density at radius 2 is 1.78 bits per heavy atom. The van der Waals surface area contributed by atoms with Gasteiger partial charge in [0.2, 0.25) is 5.91 Å². The van der Waals surface area contributed by atoms with Crippen molar-refractivity contribution >= 4 is 11.6 Å². The third-order valence-corrected chi connectivity index (χ3v) is 8.17. The van der Waals surface area contributed by atoms with Crippen LogP contribution in [0.3, 0.4) is 0 Å². The molecule has 7 nitrogen and oxygen atoms in total. The molecule has 0 spiro atoms. The first kappa shape index (κ1) is 29.9. The maximum absolute atomic E-state index is 13.2. The molecule has 0 bridgehead atoms. The van der Waals surface area contributed by atoms with Gasteiger partial charge in [0.25, 0.3) is 0 Å². The fraction of sp³-hybridized carbons (Fsp3) is 0.618. The zero-order chi connectivity index (χ0) is 32.1. The molecule has 0 aliphatic carbocycles. The second-order valence-electron chi connectivity index (χ2n) is 12.4. The van der Waals surface area contributed by atoms with E-state index >= 15 is 0 Å². The zero-order valence-corrected chi connectivity index (χ0v) is 27.0. The van der Waals surface area contributed by atoms with E-state index in [1.54, 1.807) is 7.11 Å². The van der Waals surface area contributed by atoms with E-state index < -0.39 is 5.60 Å². The van der Waals surface area contributed by atoms with Gasteiger partial charge in [-0.25, -0.2) is 0 Å². The minimum Gasteiger partial charge on any atom is -0.490 e. The van der Waals surface area contributed by atoms with Crippen LogP contribution in [0.5, 0.6) is 11.5 Å². The lowest BCUT2D eigenvalue weighted by atomic mass is 9.95. The molecule has 0 aromatic heterocycles. The zero-order valence-electron chi connectivity index (χ0n) is 29.0. The number of anilines is 1. The molecule has 1 atom stereocenters. The average Bonchev–Trinajstić information content (AvgIpc) is 2.95. The van der Waals surface area contributed by atoms with Crippen LogP contribution in [-0.4, -0.2) is 79.9 Å². The van der Waals surface area contributed by atoms with E-state index in [-0.39, 0.29) is 30.1 Å². The van der Waals surface area contributed by atoms with Gasteiger partial charge in [0.05, 0.1) is 15.9 Å². The number of para-hydroxylation sites is 1. The number of piperazine rings is 1. The van der Waals surface area contributed by atoms with Gasteiger partial charge < -0.3 is 19.5 Å². The lowest BCUT2D eigenvalue weighted by Gasteiger charge is -2.49. The quantitative estimate of drug-likeness (QED) is 0.310. The van der Waals surface area contributed by atoms with Crippen molar-refractivity contribution in [3.8, 4) is 11.5 Å². The second kappa shape index (κ2) is 14.0. The average molecular weight is 570 g/mol. The highest BCUT2D eigenvalue weighted by molar-refractivity contribution is 5.94. The number of carbonyl (C=O) groups is 1. The number of nitrogens with one attached hydrogen (secondary N) is 1. The molecule has 1 unspecified atom stereocenters. The van der Waals surface area contributed by atoms with Gasteiger partial charge in [0, 0.05) is 44.5 Å². The molecule has 1 saturated heterocycles. The SMILES string of the molecule is [2H]c1c(C)c(C)c([2H])c(OCC(C)(CN2CCN(CC(=O)Nc3c(CC)cccc3C(C)C)CC2(C)C)OC)c1OCC. The van der Waals surface area contributed by atoms with Crippen molar-refractivity contribution in [3.05, 3.63) is 52.5 Å². The number of ether oxygens (including phenoxy) is 3. The number of nitrogens with zero attached hydrogens (tertiary/aromatic N) is 2. The van der Waals surface area contributed by atoms with E-state index in [1.165, 1.54) is 5.56 Å². The first-order chi connectivity index (χ1) is 20.2. The molecule has 1 aliphatic heterocycles. The number of hydrogen-bond donors (Lipinski definition) is 1. The van der Waals surface area contributed by atoms with Gasteiger partial charge in [-0.2, -0.15) is 0 Å². The van der Waals surface area contributed by atoms with Crippen molar-refractivity contribution in [2.24, 2.45) is 0 Å². The van der Waals surface area contributed by atoms with Gasteiger partial charge in [-0.15, -0.1) is 0 Å². The maximum atomic E-state index is 13.2. The predicted molar refractivity (Wildman–Crippen MR) is 169 cm³/mol. The lowest BCUT2D eigenvalue weighted by molar-refractivity contribution is -0.120. The molecule has 1 heterocycles. The number of hydrogen-bond acceptors (Lipinski definition) is 6. The smallest absolute Gasteiger partial charge is 0.238 e. The monoisotopic (exact) mass is 569 g/mol. The van der Waals surface area contributed by atoms with Crippen LogP contribution in [0.1, 0.15) is 79.4 Å². The first-order valence-electron chi connectivity index (χ1n) is 16.0. The molecule has 2 aromatic rings. The Bertz CT molecular complexity index is 1280. The summed E-state index contributed by atoms with van der Waals surface area (Å²) in [6.07, 6.45) is 0.869. The Balaban J connectivity index is 1.68. The number of amides is 1. The fourth-order valence-corrected chi connectivity index (χ4v) is 5.44. The van der Waals surface area contributed by atoms with Crippen LogP contribution in [0.15, 0.2) is 30.3 Å². The molecule has 2 aromatic carbocycles. The molecule has 1 N–H and O–H groups in total. The minimum absolute atomic E-state index is 0.0145. The fourth-order valence-electron chi connectivity index (χ4n) is 5.44. The molecule has 228 valence electrons. The van der Waals surface area contributed by atoms with E-state index in [9.17, 15) is 4.79 Å². The summed E-state index contributed by atoms with van der Waals surface area (Å²) < 4.78 is 35.2. The van der Waals surface area contributed by atoms with Crippen molar-refractivity contribution in [1.29, 1.82) is 0 Å². The molecule has 0 saturated carbocycles. The highest BCUT2D eigenvalue weighted by atomic mass is 16.5. The summed E-state index contributed by atoms with van der Waals surface area (Å²) >= 11 is 0. The van der Waals surface area contributed by atoms with Crippen LogP contribution in [0.2, 0.25) is 0 Å². The summed E-state index contributed by atoms with van der Waals surface area (Å²) in [5.41, 5.74) is 3.84. The van der Waals surface area contributed by atoms with Crippen molar-refractivity contribution < 1.29 is 21.7 Å². The van der Waals surface area contributed by atoms with Crippen molar-refractivity contribution in [3.63, 3.8) is 0 Å². The maximum Gasteiger partial charge on any atom is 0.238 e. The van der Waals surface area contributed by atoms with Crippen molar-refractivity contribution in [2.75, 3.05) is 58.4 Å². The van der Waals surface area contributed by atoms with Gasteiger partial charge in [-0.3, -0.25) is 14.6 Å². The van der Waals surface area contributed by atoms with Crippen LogP contribution < -0.4 is 14.8 Å². The predicted octanol–water partition coefficient (Wildman–Crippen LogP) is 6.21. The minimum atomic E-state index is -0.676. The Hall–Kier alpha value is -2.61. The third-order valence-electron chi connectivity index (χ3n) is 8.17. The second-order valence-corrected chi connectivity index (χ2v) is 12.4. The molecule has 41 heavy (non-hydrogen) atoms. The molecule has 1 amide bonds. The standard InChI is InChI=1S/C34H53N3O4/c1-11-27-14-13-15-28(24(3)4)32(27)35-31(38)20-36-16-17-37(33(7,8)21-36)22-34(9,39-10)23-41-30-19-26(6)25(5)18-29(30)40-12-2/h13-15,18-19,24H,11-12,16-17,20-23H2,1-10H3,(H,35,38)/i18D,19D. The highest BCUT2D eigenvalue weighted by Crippen LogP contribution is 2.33. The van der Waals surface area contributed by atoms with Crippen LogP contribution in [0.4, 0.5) is 5.69 Å². The number of carbonyl (C=O) groups excluding carboxylic acids is 1. The van der Waals surface area contributed by atoms with Gasteiger partial charge in [0.15, 0.2) is 11.5 Å². The summed E-state index contributed by atoms with van der Waals surface area (Å²) in [4.78, 5) is 17.9. The number of aryl methyl sites for hydroxylation is 1. The van der Waals surface area contributed by atoms with Gasteiger partial charge in [-0.05, 0) is 88.2 Å². The Kier molecular flexibility index (Phi) is 10.2. The van der Waals surface area contributed by atoms with Gasteiger partial charge in [-0.1, -0.05) is 39.0 Å². The molecular weight excluding hydrogens is 514 g/mol. The number of rotatable bonds is 13. The molecule has 0 radical (unpaired) electrons. The van der Waals surface area contributed by atoms with Crippen LogP contribution in [-0.2, 0) is 16.0 Å². The number of benzene rings is 2. The Labute approximate surface area is 251 Å². The summed E-state index contributed by atoms with van der Waals surface area (Å²) in [6.45, 7) is 22.2. The van der Waals surface area contributed by atoms with Crippen molar-refractivity contribution in [2.45, 2.75) is 85.8 Å². The largest absolute Gasteiger partial charge is 0.490 e. The molecule has 1 aliphatic rings. The van der Waals surface area contributed by atoms with Gasteiger partial charge in [0.1, 0.15) is 12.2 Å². The summed E-state index contributed by atoms with van der Waals surface area (Å²) in [6, 6.07) is 6.76. The molecular formula is C34H53N3O4. The Morgan fingerprint density at radius 3 is 2.34 bits per heavy atom. The van der Waals surface area contributed by atoms with Crippen LogP contribution >= 0.6 is 0 Å². The van der Waals surface area contributed by atoms with E-state index in [0.29, 0.717) is 42.7 Å².